The average Bonchev–Trinajstić information content (AvgIpc) is 2.87. The summed E-state index contributed by atoms with van der Waals surface area (Å²) in [6, 6.07) is 19.6. The number of halogens is 1. The quantitative estimate of drug-likeness (QED) is 0.176. The fraction of sp³-hybridized carbons (Fsp3) is 0.179. The highest BCUT2D eigenvalue weighted by Gasteiger charge is 2.16. The van der Waals surface area contributed by atoms with Gasteiger partial charge in [-0.2, -0.15) is 5.26 Å². The number of amides is 2. The summed E-state index contributed by atoms with van der Waals surface area (Å²) in [5.74, 6) is 0.600. The highest BCUT2D eigenvalue weighted by molar-refractivity contribution is 14.1. The van der Waals surface area contributed by atoms with Crippen LogP contribution in [0.4, 0.5) is 11.4 Å². The summed E-state index contributed by atoms with van der Waals surface area (Å²) >= 11 is 2.07. The Balaban J connectivity index is 1.75. The van der Waals surface area contributed by atoms with E-state index in [2.05, 4.69) is 33.2 Å². The maximum atomic E-state index is 12.7. The standard InChI is InChI=1S/C28H26IN3O5/c1-4-36-25-15-19(13-20(16-30)28(34)32-21-8-10-23(35-3)11-9-21)14-24(29)27(25)37-17-26(33)31-22-7-5-6-18(2)12-22/h5-15H,4,17H2,1-3H3,(H,31,33)(H,32,34)/b20-13+. The molecule has 0 saturated carbocycles. The Hall–Kier alpha value is -4.04. The lowest BCUT2D eigenvalue weighted by molar-refractivity contribution is -0.118. The Morgan fingerprint density at radius 1 is 1.03 bits per heavy atom. The van der Waals surface area contributed by atoms with Gasteiger partial charge < -0.3 is 24.8 Å². The molecule has 3 aromatic rings. The zero-order chi connectivity index (χ0) is 26.8. The summed E-state index contributed by atoms with van der Waals surface area (Å²) in [6.45, 7) is 3.91. The van der Waals surface area contributed by atoms with Crippen molar-refractivity contribution in [2.45, 2.75) is 13.8 Å². The summed E-state index contributed by atoms with van der Waals surface area (Å²) in [5.41, 5.74) is 2.74. The number of carbonyl (C=O) groups is 2. The Kier molecular flexibility index (Phi) is 9.92. The first-order valence-corrected chi connectivity index (χ1v) is 12.4. The third-order valence-electron chi connectivity index (χ3n) is 5.01. The monoisotopic (exact) mass is 611 g/mol. The fourth-order valence-corrected chi connectivity index (χ4v) is 4.10. The molecule has 190 valence electrons. The number of benzene rings is 3. The summed E-state index contributed by atoms with van der Waals surface area (Å²) in [4.78, 5) is 25.1. The Morgan fingerprint density at radius 2 is 1.78 bits per heavy atom. The first-order chi connectivity index (χ1) is 17.8. The zero-order valence-corrected chi connectivity index (χ0v) is 22.8. The molecule has 3 rings (SSSR count). The number of nitrogens with zero attached hydrogens (tertiary/aromatic N) is 1. The van der Waals surface area contributed by atoms with Crippen molar-refractivity contribution in [3.8, 4) is 23.3 Å². The number of rotatable bonds is 10. The van der Waals surface area contributed by atoms with Gasteiger partial charge in [-0.1, -0.05) is 12.1 Å². The maximum absolute atomic E-state index is 12.7. The number of hydrogen-bond donors (Lipinski definition) is 2. The van der Waals surface area contributed by atoms with E-state index < -0.39 is 5.91 Å². The number of anilines is 2. The normalized spacial score (nSPS) is 10.7. The van der Waals surface area contributed by atoms with E-state index in [1.165, 1.54) is 6.08 Å². The van der Waals surface area contributed by atoms with Gasteiger partial charge in [0, 0.05) is 11.4 Å². The smallest absolute Gasteiger partial charge is 0.266 e. The lowest BCUT2D eigenvalue weighted by Crippen LogP contribution is -2.20. The summed E-state index contributed by atoms with van der Waals surface area (Å²) in [6.07, 6.45) is 1.47. The summed E-state index contributed by atoms with van der Waals surface area (Å²) < 4.78 is 17.3. The molecule has 0 bridgehead atoms. The molecule has 37 heavy (non-hydrogen) atoms. The number of hydrogen-bond acceptors (Lipinski definition) is 6. The Labute approximate surface area is 229 Å². The van der Waals surface area contributed by atoms with Gasteiger partial charge in [-0.25, -0.2) is 0 Å². The van der Waals surface area contributed by atoms with E-state index in [1.54, 1.807) is 49.6 Å². The number of carbonyl (C=O) groups excluding carboxylic acids is 2. The predicted octanol–water partition coefficient (Wildman–Crippen LogP) is 5.57. The van der Waals surface area contributed by atoms with Crippen LogP contribution in [-0.4, -0.2) is 32.1 Å². The molecule has 0 fully saturated rings. The number of ether oxygens (including phenoxy) is 3. The van der Waals surface area contributed by atoms with Crippen LogP contribution in [0.15, 0.2) is 66.2 Å². The predicted molar refractivity (Wildman–Crippen MR) is 151 cm³/mol. The van der Waals surface area contributed by atoms with Crippen LogP contribution in [0.1, 0.15) is 18.1 Å². The van der Waals surface area contributed by atoms with Gasteiger partial charge in [0.2, 0.25) is 0 Å². The van der Waals surface area contributed by atoms with Gasteiger partial charge in [0.15, 0.2) is 18.1 Å². The van der Waals surface area contributed by atoms with Crippen LogP contribution in [0.5, 0.6) is 17.2 Å². The molecule has 0 saturated heterocycles. The zero-order valence-electron chi connectivity index (χ0n) is 20.6. The fourth-order valence-electron chi connectivity index (χ4n) is 3.32. The van der Waals surface area contributed by atoms with Crippen molar-refractivity contribution in [1.29, 1.82) is 5.26 Å². The van der Waals surface area contributed by atoms with Crippen LogP contribution in [-0.2, 0) is 9.59 Å². The molecular weight excluding hydrogens is 585 g/mol. The van der Waals surface area contributed by atoms with Crippen molar-refractivity contribution >= 4 is 51.9 Å². The second-order valence-electron chi connectivity index (χ2n) is 7.82. The van der Waals surface area contributed by atoms with E-state index >= 15 is 0 Å². The molecule has 2 N–H and O–H groups in total. The molecule has 8 nitrogen and oxygen atoms in total. The SMILES string of the molecule is CCOc1cc(/C=C(\C#N)C(=O)Nc2ccc(OC)cc2)cc(I)c1OCC(=O)Nc1cccc(C)c1. The van der Waals surface area contributed by atoms with Crippen LogP contribution < -0.4 is 24.8 Å². The molecule has 0 radical (unpaired) electrons. The first-order valence-electron chi connectivity index (χ1n) is 11.4. The molecule has 0 aliphatic rings. The van der Waals surface area contributed by atoms with Crippen LogP contribution in [0, 0.1) is 21.8 Å². The highest BCUT2D eigenvalue weighted by atomic mass is 127. The largest absolute Gasteiger partial charge is 0.497 e. The molecule has 0 spiro atoms. The summed E-state index contributed by atoms with van der Waals surface area (Å²) in [7, 11) is 1.55. The molecule has 0 heterocycles. The van der Waals surface area contributed by atoms with E-state index in [4.69, 9.17) is 14.2 Å². The minimum absolute atomic E-state index is 0.0831. The minimum atomic E-state index is -0.547. The number of methoxy groups -OCH3 is 1. The van der Waals surface area contributed by atoms with Gasteiger partial charge in [-0.15, -0.1) is 0 Å². The molecule has 0 atom stereocenters. The van der Waals surface area contributed by atoms with Gasteiger partial charge in [0.05, 0.1) is 17.3 Å². The number of nitrogens with one attached hydrogen (secondary N) is 2. The Bertz CT molecular complexity index is 1350. The maximum Gasteiger partial charge on any atom is 0.266 e. The molecular formula is C28H26IN3O5. The van der Waals surface area contributed by atoms with Gasteiger partial charge >= 0.3 is 0 Å². The Morgan fingerprint density at radius 3 is 2.43 bits per heavy atom. The van der Waals surface area contributed by atoms with Gasteiger partial charge in [0.1, 0.15) is 17.4 Å². The van der Waals surface area contributed by atoms with Crippen molar-refractivity contribution in [3.05, 3.63) is 80.9 Å². The van der Waals surface area contributed by atoms with Crippen molar-refractivity contribution in [3.63, 3.8) is 0 Å². The van der Waals surface area contributed by atoms with Gasteiger partial charge in [-0.05, 0) is 102 Å². The average molecular weight is 611 g/mol. The topological polar surface area (TPSA) is 110 Å². The molecule has 0 unspecified atom stereocenters. The van der Waals surface area contributed by atoms with E-state index in [0.717, 1.165) is 5.56 Å². The van der Waals surface area contributed by atoms with Crippen LogP contribution >= 0.6 is 22.6 Å². The van der Waals surface area contributed by atoms with Gasteiger partial charge in [0.25, 0.3) is 11.8 Å². The van der Waals surface area contributed by atoms with Crippen LogP contribution in [0.25, 0.3) is 6.08 Å². The number of nitriles is 1. The minimum Gasteiger partial charge on any atom is -0.497 e. The van der Waals surface area contributed by atoms with Crippen molar-refractivity contribution < 1.29 is 23.8 Å². The van der Waals surface area contributed by atoms with Crippen molar-refractivity contribution in [1.82, 2.24) is 0 Å². The first kappa shape index (κ1) is 27.5. The molecule has 0 aliphatic carbocycles. The molecule has 9 heteroatoms. The van der Waals surface area contributed by atoms with E-state index in [9.17, 15) is 14.9 Å². The van der Waals surface area contributed by atoms with E-state index in [-0.39, 0.29) is 18.1 Å². The van der Waals surface area contributed by atoms with Crippen molar-refractivity contribution in [2.24, 2.45) is 0 Å². The lowest BCUT2D eigenvalue weighted by atomic mass is 10.1. The second kappa shape index (κ2) is 13.3. The summed E-state index contributed by atoms with van der Waals surface area (Å²) in [5, 5.41) is 15.1. The lowest BCUT2D eigenvalue weighted by Gasteiger charge is -2.15. The van der Waals surface area contributed by atoms with Crippen molar-refractivity contribution in [2.75, 3.05) is 31.0 Å². The highest BCUT2D eigenvalue weighted by Crippen LogP contribution is 2.35. The second-order valence-corrected chi connectivity index (χ2v) is 8.98. The molecule has 3 aromatic carbocycles. The molecule has 2 amide bonds. The van der Waals surface area contributed by atoms with Gasteiger partial charge in [-0.3, -0.25) is 9.59 Å². The third kappa shape index (κ3) is 7.98. The molecule has 0 aliphatic heterocycles. The number of aryl methyl sites for hydroxylation is 1. The van der Waals surface area contributed by atoms with Crippen LogP contribution in [0.2, 0.25) is 0 Å². The van der Waals surface area contributed by atoms with E-state index in [1.807, 2.05) is 38.1 Å². The van der Waals surface area contributed by atoms with E-state index in [0.29, 0.717) is 44.4 Å². The molecule has 0 aromatic heterocycles. The van der Waals surface area contributed by atoms with Crippen LogP contribution in [0.3, 0.4) is 0 Å². The third-order valence-corrected chi connectivity index (χ3v) is 5.81.